The smallest absolute Gasteiger partial charge is 0.411 e. The first-order valence-corrected chi connectivity index (χ1v) is 11.9. The Morgan fingerprint density at radius 1 is 1.40 bits per heavy atom. The third-order valence-corrected chi connectivity index (χ3v) is 7.60. The number of hydrogen-bond donors (Lipinski definition) is 3. The van der Waals surface area contributed by atoms with E-state index in [-0.39, 0.29) is 29.1 Å². The molecule has 5 nitrogen and oxygen atoms in total. The van der Waals surface area contributed by atoms with Gasteiger partial charge < -0.3 is 10.5 Å². The fraction of sp³-hybridized carbons (Fsp3) is 0.857. The van der Waals surface area contributed by atoms with Crippen molar-refractivity contribution in [3.05, 3.63) is 11.8 Å². The van der Waals surface area contributed by atoms with Crippen molar-refractivity contribution in [3.8, 4) is 0 Å². The second-order valence-electron chi connectivity index (χ2n) is 8.55. The molecule has 1 aliphatic carbocycles. The van der Waals surface area contributed by atoms with E-state index in [0.717, 1.165) is 25.8 Å². The minimum atomic E-state index is -4.60. The molecule has 30 heavy (non-hydrogen) atoms. The zero-order valence-electron chi connectivity index (χ0n) is 18.1. The molecule has 0 spiro atoms. The predicted octanol–water partition coefficient (Wildman–Crippen LogP) is 4.29. The summed E-state index contributed by atoms with van der Waals surface area (Å²) >= 11 is 1.81. The lowest BCUT2D eigenvalue weighted by Gasteiger charge is -2.27. The highest BCUT2D eigenvalue weighted by Gasteiger charge is 2.36. The van der Waals surface area contributed by atoms with Crippen molar-refractivity contribution < 1.29 is 22.7 Å². The monoisotopic (exact) mass is 451 g/mol. The molecule has 0 aromatic carbocycles. The van der Waals surface area contributed by atoms with Crippen molar-refractivity contribution in [2.45, 2.75) is 94.9 Å². The van der Waals surface area contributed by atoms with Gasteiger partial charge in [0, 0.05) is 30.7 Å². The van der Waals surface area contributed by atoms with Gasteiger partial charge in [-0.15, -0.1) is 24.9 Å². The van der Waals surface area contributed by atoms with Crippen LogP contribution in [0.3, 0.4) is 0 Å². The van der Waals surface area contributed by atoms with Crippen molar-refractivity contribution in [2.75, 3.05) is 6.54 Å². The Kier molecular flexibility index (Phi) is 9.97. The Balaban J connectivity index is 1.71. The highest BCUT2D eigenvalue weighted by Crippen LogP contribution is 2.37. The van der Waals surface area contributed by atoms with E-state index in [1.165, 1.54) is 0 Å². The summed E-state index contributed by atoms with van der Waals surface area (Å²) in [7, 11) is 0. The van der Waals surface area contributed by atoms with Gasteiger partial charge in [-0.05, 0) is 50.5 Å². The van der Waals surface area contributed by atoms with Crippen LogP contribution in [-0.4, -0.2) is 41.5 Å². The normalized spacial score (nSPS) is 28.0. The fourth-order valence-electron chi connectivity index (χ4n) is 3.96. The SMILES string of the molecule is CCCC(N)C(=O)CCC(C)C(C)N[C@H]1NCC(C2CC=C(OC(F)(F)F)CC2)S1. The number of halogens is 3. The number of carbonyl (C=O) groups is 1. The average molecular weight is 452 g/mol. The minimum Gasteiger partial charge on any atom is -0.411 e. The summed E-state index contributed by atoms with van der Waals surface area (Å²) in [5, 5.41) is 7.42. The van der Waals surface area contributed by atoms with Crippen LogP contribution in [0.25, 0.3) is 0 Å². The maximum atomic E-state index is 12.3. The quantitative estimate of drug-likeness (QED) is 0.435. The number of nitrogens with two attached hydrogens (primary N) is 1. The van der Waals surface area contributed by atoms with Gasteiger partial charge in [0.1, 0.15) is 17.0 Å². The van der Waals surface area contributed by atoms with Crippen LogP contribution in [0.1, 0.15) is 65.7 Å². The standard InChI is InChI=1S/C21H36F3N3O2S/c1-4-5-17(25)18(28)11-6-13(2)14(3)27-20-26-12-19(30-20)15-7-9-16(10-8-15)29-21(22,23)24/h9,13-15,17,19-20,26-27H,4-8,10-12,25H2,1-3H3/t13?,14?,15?,17?,19?,20-/m1/s1. The molecule has 174 valence electrons. The summed E-state index contributed by atoms with van der Waals surface area (Å²) in [6.07, 6.45) is 1.62. The van der Waals surface area contributed by atoms with E-state index in [1.54, 1.807) is 6.08 Å². The van der Waals surface area contributed by atoms with Crippen molar-refractivity contribution >= 4 is 17.5 Å². The van der Waals surface area contributed by atoms with Gasteiger partial charge in [0.2, 0.25) is 0 Å². The number of carbonyl (C=O) groups excluding carboxylic acids is 1. The van der Waals surface area contributed by atoms with Crippen molar-refractivity contribution in [3.63, 3.8) is 0 Å². The van der Waals surface area contributed by atoms with Crippen LogP contribution in [0.2, 0.25) is 0 Å². The van der Waals surface area contributed by atoms with Crippen LogP contribution in [-0.2, 0) is 9.53 Å². The Labute approximate surface area is 182 Å². The van der Waals surface area contributed by atoms with E-state index in [1.807, 2.05) is 18.7 Å². The van der Waals surface area contributed by atoms with Gasteiger partial charge in [-0.3, -0.25) is 15.4 Å². The van der Waals surface area contributed by atoms with Gasteiger partial charge in [0.25, 0.3) is 0 Å². The predicted molar refractivity (Wildman–Crippen MR) is 115 cm³/mol. The second-order valence-corrected chi connectivity index (χ2v) is 9.90. The average Bonchev–Trinajstić information content (AvgIpc) is 3.13. The molecule has 5 unspecified atom stereocenters. The summed E-state index contributed by atoms with van der Waals surface area (Å²) in [4.78, 5) is 12.1. The van der Waals surface area contributed by atoms with Crippen LogP contribution < -0.4 is 16.4 Å². The number of ether oxygens (including phenoxy) is 1. The summed E-state index contributed by atoms with van der Waals surface area (Å²) in [5.41, 5.74) is 6.01. The number of thioether (sulfide) groups is 1. The summed E-state index contributed by atoms with van der Waals surface area (Å²) in [6, 6.07) is -0.105. The number of ketones is 1. The lowest BCUT2D eigenvalue weighted by molar-refractivity contribution is -0.307. The second kappa shape index (κ2) is 11.7. The zero-order chi connectivity index (χ0) is 22.3. The maximum Gasteiger partial charge on any atom is 0.572 e. The number of allylic oxidation sites excluding steroid dienone is 2. The molecule has 0 saturated carbocycles. The first kappa shape index (κ1) is 25.5. The molecule has 1 saturated heterocycles. The molecule has 1 heterocycles. The summed E-state index contributed by atoms with van der Waals surface area (Å²) < 4.78 is 41.1. The number of rotatable bonds is 11. The molecular formula is C21H36F3N3O2S. The molecule has 4 N–H and O–H groups in total. The Bertz CT molecular complexity index is 588. The highest BCUT2D eigenvalue weighted by molar-refractivity contribution is 8.00. The summed E-state index contributed by atoms with van der Waals surface area (Å²) in [6.45, 7) is 7.13. The van der Waals surface area contributed by atoms with Gasteiger partial charge >= 0.3 is 6.36 Å². The van der Waals surface area contributed by atoms with E-state index in [2.05, 4.69) is 29.2 Å². The van der Waals surface area contributed by atoms with Gasteiger partial charge in [0.15, 0.2) is 0 Å². The Morgan fingerprint density at radius 2 is 2.13 bits per heavy atom. The first-order valence-electron chi connectivity index (χ1n) is 11.0. The number of alkyl halides is 3. The van der Waals surface area contributed by atoms with E-state index in [9.17, 15) is 18.0 Å². The molecule has 0 aromatic heterocycles. The van der Waals surface area contributed by atoms with Gasteiger partial charge in [0.05, 0.1) is 6.04 Å². The van der Waals surface area contributed by atoms with Gasteiger partial charge in [-0.1, -0.05) is 20.3 Å². The molecule has 0 radical (unpaired) electrons. The van der Waals surface area contributed by atoms with Crippen molar-refractivity contribution in [2.24, 2.45) is 17.6 Å². The molecule has 6 atom stereocenters. The molecule has 0 bridgehead atoms. The lowest BCUT2D eigenvalue weighted by Crippen LogP contribution is -2.44. The van der Waals surface area contributed by atoms with Gasteiger partial charge in [-0.25, -0.2) is 0 Å². The number of Topliss-reactive ketones (excluding diaryl/α,β-unsaturated/α-hetero) is 1. The third kappa shape index (κ3) is 8.40. The zero-order valence-corrected chi connectivity index (χ0v) is 19.0. The maximum absolute atomic E-state index is 12.3. The van der Waals surface area contributed by atoms with E-state index in [0.29, 0.717) is 42.8 Å². The van der Waals surface area contributed by atoms with E-state index < -0.39 is 6.36 Å². The topological polar surface area (TPSA) is 76.4 Å². The molecule has 1 fully saturated rings. The van der Waals surface area contributed by atoms with E-state index in [4.69, 9.17) is 5.73 Å². The van der Waals surface area contributed by atoms with E-state index >= 15 is 0 Å². The third-order valence-electron chi connectivity index (χ3n) is 6.12. The number of hydrogen-bond acceptors (Lipinski definition) is 6. The van der Waals surface area contributed by atoms with Crippen molar-refractivity contribution in [1.29, 1.82) is 0 Å². The molecule has 9 heteroatoms. The Hall–Kier alpha value is -0.770. The molecule has 0 aromatic rings. The highest BCUT2D eigenvalue weighted by atomic mass is 32.2. The largest absolute Gasteiger partial charge is 0.572 e. The van der Waals surface area contributed by atoms with Crippen LogP contribution in [0.15, 0.2) is 11.8 Å². The fourth-order valence-corrected chi connectivity index (χ4v) is 5.46. The number of nitrogens with one attached hydrogen (secondary N) is 2. The lowest BCUT2D eigenvalue weighted by atomic mass is 9.90. The first-order chi connectivity index (χ1) is 14.1. The van der Waals surface area contributed by atoms with Crippen LogP contribution in [0, 0.1) is 11.8 Å². The molecule has 2 rings (SSSR count). The van der Waals surface area contributed by atoms with Crippen molar-refractivity contribution in [1.82, 2.24) is 10.6 Å². The van der Waals surface area contributed by atoms with Crippen LogP contribution >= 0.6 is 11.8 Å². The molecule has 0 amide bonds. The molecular weight excluding hydrogens is 415 g/mol. The Morgan fingerprint density at radius 3 is 2.73 bits per heavy atom. The van der Waals surface area contributed by atoms with Gasteiger partial charge in [-0.2, -0.15) is 0 Å². The summed E-state index contributed by atoms with van der Waals surface area (Å²) in [5.74, 6) is 0.868. The minimum absolute atomic E-state index is 0.0417. The van der Waals surface area contributed by atoms with Crippen LogP contribution in [0.4, 0.5) is 13.2 Å². The molecule has 1 aliphatic heterocycles. The molecule has 2 aliphatic rings. The van der Waals surface area contributed by atoms with Crippen LogP contribution in [0.5, 0.6) is 0 Å².